The van der Waals surface area contributed by atoms with Gasteiger partial charge in [-0.1, -0.05) is 24.3 Å². The van der Waals surface area contributed by atoms with E-state index in [0.717, 1.165) is 6.42 Å². The molecule has 0 radical (unpaired) electrons. The van der Waals surface area contributed by atoms with Crippen LogP contribution in [0.1, 0.15) is 32.1 Å². The third-order valence-corrected chi connectivity index (χ3v) is 2.27. The molecule has 0 atom stereocenters. The van der Waals surface area contributed by atoms with Crippen molar-refractivity contribution >= 4 is 0 Å². The molecule has 0 N–H and O–H groups in total. The van der Waals surface area contributed by atoms with Crippen molar-refractivity contribution in [2.45, 2.75) is 32.1 Å². The maximum Gasteiger partial charge on any atom is -0.0136 e. The lowest BCUT2D eigenvalue weighted by Gasteiger charge is -2.16. The number of allylic oxidation sites excluding steroid dienone is 4. The third-order valence-electron chi connectivity index (χ3n) is 2.27. The quantitative estimate of drug-likeness (QED) is 0.536. The summed E-state index contributed by atoms with van der Waals surface area (Å²) >= 11 is 0. The highest BCUT2D eigenvalue weighted by molar-refractivity contribution is 5.27. The van der Waals surface area contributed by atoms with Gasteiger partial charge in [0.15, 0.2) is 0 Å². The second kappa shape index (κ2) is 4.17. The molecule has 0 saturated carbocycles. The highest BCUT2D eigenvalue weighted by atomic mass is 14.1. The van der Waals surface area contributed by atoms with Crippen LogP contribution in [0, 0.1) is 0 Å². The van der Waals surface area contributed by atoms with Crippen LogP contribution in [0.3, 0.4) is 0 Å². The van der Waals surface area contributed by atoms with Gasteiger partial charge in [0.1, 0.15) is 0 Å². The van der Waals surface area contributed by atoms with E-state index in [1.54, 1.807) is 5.57 Å². The fraction of sp³-hybridized carbons (Fsp3) is 0.455. The van der Waals surface area contributed by atoms with Crippen LogP contribution in [0.5, 0.6) is 0 Å². The zero-order chi connectivity index (χ0) is 8.10. The lowest BCUT2D eigenvalue weighted by atomic mass is 9.90. The largest absolute Gasteiger partial charge is 0.103 e. The molecule has 0 amide bonds. The zero-order valence-corrected chi connectivity index (χ0v) is 7.10. The van der Waals surface area contributed by atoms with E-state index in [1.807, 2.05) is 12.2 Å². The minimum atomic E-state index is 1.06. The summed E-state index contributed by atoms with van der Waals surface area (Å²) in [5.41, 5.74) is 3.03. The summed E-state index contributed by atoms with van der Waals surface area (Å²) in [5, 5.41) is 0. The molecule has 0 nitrogen and oxygen atoms in total. The molecule has 1 aliphatic rings. The maximum atomic E-state index is 3.82. The van der Waals surface area contributed by atoms with Gasteiger partial charge in [0.05, 0.1) is 0 Å². The molecule has 0 bridgehead atoms. The van der Waals surface area contributed by atoms with Crippen molar-refractivity contribution in [3.63, 3.8) is 0 Å². The Labute approximate surface area is 69.3 Å². The van der Waals surface area contributed by atoms with E-state index < -0.39 is 0 Å². The van der Waals surface area contributed by atoms with Crippen molar-refractivity contribution in [3.8, 4) is 0 Å². The van der Waals surface area contributed by atoms with Gasteiger partial charge in [-0.25, -0.2) is 0 Å². The lowest BCUT2D eigenvalue weighted by Crippen LogP contribution is -1.96. The molecule has 0 aromatic heterocycles. The molecule has 0 heteroatoms. The molecule has 0 aromatic rings. The molecule has 0 heterocycles. The Morgan fingerprint density at radius 3 is 2.55 bits per heavy atom. The summed E-state index contributed by atoms with van der Waals surface area (Å²) < 4.78 is 0. The minimum absolute atomic E-state index is 1.06. The van der Waals surface area contributed by atoms with Gasteiger partial charge in [0, 0.05) is 0 Å². The Kier molecular flexibility index (Phi) is 3.15. The molecule has 0 saturated heterocycles. The number of rotatable bonds is 3. The van der Waals surface area contributed by atoms with Crippen molar-refractivity contribution in [1.29, 1.82) is 0 Å². The van der Waals surface area contributed by atoms with Crippen LogP contribution in [-0.2, 0) is 0 Å². The highest BCUT2D eigenvalue weighted by Crippen LogP contribution is 2.27. The van der Waals surface area contributed by atoms with Crippen molar-refractivity contribution in [3.05, 3.63) is 36.5 Å². The average molecular weight is 148 g/mol. The molecule has 60 valence electrons. The molecule has 0 fully saturated rings. The summed E-state index contributed by atoms with van der Waals surface area (Å²) in [7, 11) is 0. The molecule has 0 aliphatic heterocycles. The SMILES string of the molecule is C=CCC1=C(C=C)CCCC1. The van der Waals surface area contributed by atoms with E-state index in [2.05, 4.69) is 13.2 Å². The second-order valence-corrected chi connectivity index (χ2v) is 3.03. The van der Waals surface area contributed by atoms with Crippen LogP contribution in [0.15, 0.2) is 36.5 Å². The first-order valence-electron chi connectivity index (χ1n) is 4.32. The molecule has 11 heavy (non-hydrogen) atoms. The van der Waals surface area contributed by atoms with E-state index in [4.69, 9.17) is 0 Å². The molecule has 1 aliphatic carbocycles. The zero-order valence-electron chi connectivity index (χ0n) is 7.10. The van der Waals surface area contributed by atoms with Crippen LogP contribution < -0.4 is 0 Å². The normalized spacial score (nSPS) is 18.2. The standard InChI is InChI=1S/C11H16/c1-3-7-11-9-6-5-8-10(11)4-2/h3-4H,1-2,5-9H2. The molecule has 0 aromatic carbocycles. The summed E-state index contributed by atoms with van der Waals surface area (Å²) in [6.07, 6.45) is 10.2. The first kappa shape index (κ1) is 8.32. The maximum absolute atomic E-state index is 3.82. The monoisotopic (exact) mass is 148 g/mol. The first-order valence-corrected chi connectivity index (χ1v) is 4.32. The van der Waals surface area contributed by atoms with Crippen molar-refractivity contribution < 1.29 is 0 Å². The fourth-order valence-electron chi connectivity index (χ4n) is 1.64. The van der Waals surface area contributed by atoms with Crippen LogP contribution in [0.2, 0.25) is 0 Å². The third kappa shape index (κ3) is 2.07. The summed E-state index contributed by atoms with van der Waals surface area (Å²) in [4.78, 5) is 0. The second-order valence-electron chi connectivity index (χ2n) is 3.03. The van der Waals surface area contributed by atoms with Crippen LogP contribution in [-0.4, -0.2) is 0 Å². The first-order chi connectivity index (χ1) is 5.38. The van der Waals surface area contributed by atoms with Crippen molar-refractivity contribution in [2.24, 2.45) is 0 Å². The van der Waals surface area contributed by atoms with Crippen molar-refractivity contribution in [1.82, 2.24) is 0 Å². The van der Waals surface area contributed by atoms with E-state index >= 15 is 0 Å². The van der Waals surface area contributed by atoms with Gasteiger partial charge in [-0.2, -0.15) is 0 Å². The van der Waals surface area contributed by atoms with Crippen LogP contribution >= 0.6 is 0 Å². The van der Waals surface area contributed by atoms with E-state index in [9.17, 15) is 0 Å². The van der Waals surface area contributed by atoms with E-state index in [1.165, 1.54) is 31.3 Å². The smallest absolute Gasteiger partial charge is 0.0136 e. The van der Waals surface area contributed by atoms with E-state index in [0.29, 0.717) is 0 Å². The van der Waals surface area contributed by atoms with Gasteiger partial charge in [-0.3, -0.25) is 0 Å². The summed E-state index contributed by atoms with van der Waals surface area (Å²) in [6, 6.07) is 0. The topological polar surface area (TPSA) is 0 Å². The van der Waals surface area contributed by atoms with Gasteiger partial charge in [-0.05, 0) is 37.7 Å². The summed E-state index contributed by atoms with van der Waals surface area (Å²) in [5.74, 6) is 0. The Balaban J connectivity index is 2.72. The van der Waals surface area contributed by atoms with Gasteiger partial charge >= 0.3 is 0 Å². The highest BCUT2D eigenvalue weighted by Gasteiger charge is 2.07. The summed E-state index contributed by atoms with van der Waals surface area (Å²) in [6.45, 7) is 7.58. The van der Waals surface area contributed by atoms with Gasteiger partial charge in [0.2, 0.25) is 0 Å². The van der Waals surface area contributed by atoms with Gasteiger partial charge < -0.3 is 0 Å². The van der Waals surface area contributed by atoms with Crippen LogP contribution in [0.4, 0.5) is 0 Å². The minimum Gasteiger partial charge on any atom is -0.103 e. The fourth-order valence-corrected chi connectivity index (χ4v) is 1.64. The van der Waals surface area contributed by atoms with Crippen LogP contribution in [0.25, 0.3) is 0 Å². The molecular weight excluding hydrogens is 132 g/mol. The van der Waals surface area contributed by atoms with E-state index in [-0.39, 0.29) is 0 Å². The predicted molar refractivity (Wildman–Crippen MR) is 50.5 cm³/mol. The Hall–Kier alpha value is -0.780. The Bertz CT molecular complexity index is 184. The Morgan fingerprint density at radius 1 is 1.18 bits per heavy atom. The van der Waals surface area contributed by atoms with Gasteiger partial charge in [-0.15, -0.1) is 6.58 Å². The molecule has 0 spiro atoms. The number of hydrogen-bond acceptors (Lipinski definition) is 0. The average Bonchev–Trinajstić information content (AvgIpc) is 2.06. The predicted octanol–water partition coefficient (Wildman–Crippen LogP) is 3.62. The lowest BCUT2D eigenvalue weighted by molar-refractivity contribution is 0.673. The molecule has 1 rings (SSSR count). The van der Waals surface area contributed by atoms with Gasteiger partial charge in [0.25, 0.3) is 0 Å². The molecule has 0 unspecified atom stereocenters. The van der Waals surface area contributed by atoms with Crippen molar-refractivity contribution in [2.75, 3.05) is 0 Å². The molecular formula is C11H16. The number of hydrogen-bond donors (Lipinski definition) is 0. The Morgan fingerprint density at radius 2 is 1.91 bits per heavy atom.